The summed E-state index contributed by atoms with van der Waals surface area (Å²) in [5, 5.41) is 4.56. The maximum atomic E-state index is 11.3. The first-order chi connectivity index (χ1) is 12.0. The van der Waals surface area contributed by atoms with Crippen molar-refractivity contribution in [1.29, 1.82) is 0 Å². The van der Waals surface area contributed by atoms with Gasteiger partial charge in [-0.25, -0.2) is 9.67 Å². The molecule has 3 rings (SSSR count). The fourth-order valence-electron chi connectivity index (χ4n) is 3.58. The number of likely N-dealkylation sites (tertiary alicyclic amines) is 1. The van der Waals surface area contributed by atoms with Crippen LogP contribution in [0.1, 0.15) is 42.9 Å². The predicted octanol–water partition coefficient (Wildman–Crippen LogP) is 2.02. The number of carbonyl (C=O) groups excluding carboxylic acids is 1. The molecule has 1 aliphatic rings. The molecule has 1 atom stereocenters. The highest BCUT2D eigenvalue weighted by Crippen LogP contribution is 2.21. The van der Waals surface area contributed by atoms with Crippen molar-refractivity contribution in [3.8, 4) is 5.69 Å². The van der Waals surface area contributed by atoms with Gasteiger partial charge in [0.15, 0.2) is 5.82 Å². The van der Waals surface area contributed by atoms with Gasteiger partial charge in [-0.3, -0.25) is 4.79 Å². The molecule has 2 aromatic rings. The number of carbonyl (C=O) groups is 1. The van der Waals surface area contributed by atoms with Crippen molar-refractivity contribution in [3.05, 3.63) is 41.5 Å². The minimum atomic E-state index is -0.402. The average molecular weight is 341 g/mol. The van der Waals surface area contributed by atoms with Crippen molar-refractivity contribution in [1.82, 2.24) is 19.7 Å². The normalized spacial score (nSPS) is 18.4. The molecule has 1 fully saturated rings. The minimum absolute atomic E-state index is 0.0786. The molecule has 1 unspecified atom stereocenters. The Morgan fingerprint density at radius 1 is 1.32 bits per heavy atom. The van der Waals surface area contributed by atoms with E-state index in [1.54, 1.807) is 0 Å². The summed E-state index contributed by atoms with van der Waals surface area (Å²) in [6.45, 7) is 3.23. The van der Waals surface area contributed by atoms with Gasteiger partial charge in [-0.2, -0.15) is 5.10 Å². The van der Waals surface area contributed by atoms with Crippen LogP contribution in [0, 0.1) is 6.92 Å². The van der Waals surface area contributed by atoms with Crippen LogP contribution in [-0.4, -0.2) is 45.2 Å². The van der Waals surface area contributed by atoms with Crippen LogP contribution in [0.4, 0.5) is 0 Å². The monoisotopic (exact) mass is 341 g/mol. The molecule has 6 heteroatoms. The highest BCUT2D eigenvalue weighted by Gasteiger charge is 2.21. The van der Waals surface area contributed by atoms with Gasteiger partial charge < -0.3 is 10.6 Å². The highest BCUT2D eigenvalue weighted by molar-refractivity contribution is 5.75. The second-order valence-corrected chi connectivity index (χ2v) is 6.95. The summed E-state index contributed by atoms with van der Waals surface area (Å²) in [6.07, 6.45) is 5.80. The first-order valence-corrected chi connectivity index (χ1v) is 9.04. The molecule has 1 saturated heterocycles. The summed E-state index contributed by atoms with van der Waals surface area (Å²) >= 11 is 0. The number of nitrogens with zero attached hydrogens (tertiary/aromatic N) is 4. The Kier molecular flexibility index (Phi) is 5.48. The maximum Gasteiger partial charge on any atom is 0.225 e. The molecule has 0 bridgehead atoms. The van der Waals surface area contributed by atoms with E-state index in [1.807, 2.05) is 22.9 Å². The van der Waals surface area contributed by atoms with Crippen LogP contribution in [0.15, 0.2) is 24.3 Å². The van der Waals surface area contributed by atoms with Crippen LogP contribution in [0.5, 0.6) is 0 Å². The molecular formula is C19H27N5O. The summed E-state index contributed by atoms with van der Waals surface area (Å²) < 4.78 is 1.89. The van der Waals surface area contributed by atoms with Gasteiger partial charge in [0.05, 0.1) is 12.1 Å². The second-order valence-electron chi connectivity index (χ2n) is 6.95. The fourth-order valence-corrected chi connectivity index (χ4v) is 3.58. The van der Waals surface area contributed by atoms with Gasteiger partial charge in [-0.15, -0.1) is 0 Å². The molecule has 1 aromatic heterocycles. The number of aryl methyl sites for hydroxylation is 2. The zero-order valence-electron chi connectivity index (χ0n) is 15.1. The van der Waals surface area contributed by atoms with Gasteiger partial charge >= 0.3 is 0 Å². The van der Waals surface area contributed by atoms with Crippen molar-refractivity contribution in [2.75, 3.05) is 13.6 Å². The van der Waals surface area contributed by atoms with Crippen molar-refractivity contribution in [2.24, 2.45) is 5.73 Å². The van der Waals surface area contributed by atoms with Gasteiger partial charge in [0.1, 0.15) is 5.82 Å². The summed E-state index contributed by atoms with van der Waals surface area (Å²) in [6, 6.07) is 8.70. The maximum absolute atomic E-state index is 11.3. The summed E-state index contributed by atoms with van der Waals surface area (Å²) in [5.74, 6) is 1.01. The van der Waals surface area contributed by atoms with Crippen LogP contribution in [0.2, 0.25) is 0 Å². The molecule has 1 amide bonds. The van der Waals surface area contributed by atoms with Crippen LogP contribution in [0.3, 0.4) is 0 Å². The van der Waals surface area contributed by atoms with E-state index in [1.165, 1.54) is 25.8 Å². The lowest BCUT2D eigenvalue weighted by Crippen LogP contribution is -2.36. The summed E-state index contributed by atoms with van der Waals surface area (Å²) in [7, 11) is 2.20. The van der Waals surface area contributed by atoms with Gasteiger partial charge in [0, 0.05) is 12.5 Å². The molecular weight excluding hydrogens is 314 g/mol. The average Bonchev–Trinajstić information content (AvgIpc) is 2.96. The Labute approximate surface area is 149 Å². The number of piperidine rings is 1. The first kappa shape index (κ1) is 17.6. The van der Waals surface area contributed by atoms with Crippen LogP contribution < -0.4 is 5.73 Å². The minimum Gasteiger partial charge on any atom is -0.369 e. The molecule has 0 aliphatic carbocycles. The number of amides is 1. The van der Waals surface area contributed by atoms with Crippen molar-refractivity contribution in [3.63, 3.8) is 0 Å². The Morgan fingerprint density at radius 2 is 2.12 bits per heavy atom. The van der Waals surface area contributed by atoms with Gasteiger partial charge in [-0.05, 0) is 51.4 Å². The van der Waals surface area contributed by atoms with E-state index in [0.29, 0.717) is 11.9 Å². The number of primary amides is 1. The quantitative estimate of drug-likeness (QED) is 0.872. The molecule has 2 N–H and O–H groups in total. The number of hydrogen-bond donors (Lipinski definition) is 1. The van der Waals surface area contributed by atoms with Crippen LogP contribution in [0.25, 0.3) is 5.69 Å². The van der Waals surface area contributed by atoms with E-state index in [-0.39, 0.29) is 6.42 Å². The van der Waals surface area contributed by atoms with Crippen LogP contribution >= 0.6 is 0 Å². The molecule has 2 heterocycles. The third-order valence-corrected chi connectivity index (χ3v) is 5.02. The summed E-state index contributed by atoms with van der Waals surface area (Å²) in [5.41, 5.74) is 7.47. The highest BCUT2D eigenvalue weighted by atomic mass is 16.1. The van der Waals surface area contributed by atoms with E-state index in [9.17, 15) is 4.79 Å². The molecule has 0 radical (unpaired) electrons. The number of aromatic nitrogens is 3. The lowest BCUT2D eigenvalue weighted by Gasteiger charge is -2.32. The number of hydrogen-bond acceptors (Lipinski definition) is 4. The Hall–Kier alpha value is -2.21. The third-order valence-electron chi connectivity index (χ3n) is 5.02. The predicted molar refractivity (Wildman–Crippen MR) is 97.6 cm³/mol. The van der Waals surface area contributed by atoms with Crippen molar-refractivity contribution >= 4 is 5.91 Å². The topological polar surface area (TPSA) is 77.0 Å². The van der Waals surface area contributed by atoms with Gasteiger partial charge in [-0.1, -0.05) is 24.6 Å². The Balaban J connectivity index is 1.84. The van der Waals surface area contributed by atoms with E-state index >= 15 is 0 Å². The van der Waals surface area contributed by atoms with E-state index < -0.39 is 5.91 Å². The summed E-state index contributed by atoms with van der Waals surface area (Å²) in [4.78, 5) is 18.3. The molecule has 1 aromatic carbocycles. The van der Waals surface area contributed by atoms with E-state index in [4.69, 9.17) is 5.73 Å². The largest absolute Gasteiger partial charge is 0.369 e. The lowest BCUT2D eigenvalue weighted by molar-refractivity contribution is -0.117. The zero-order valence-corrected chi connectivity index (χ0v) is 15.1. The Morgan fingerprint density at radius 3 is 2.84 bits per heavy atom. The molecule has 0 saturated carbocycles. The number of para-hydroxylation sites is 1. The molecule has 1 aliphatic heterocycles. The molecule has 6 nitrogen and oxygen atoms in total. The van der Waals surface area contributed by atoms with Crippen LogP contribution in [-0.2, 0) is 17.6 Å². The first-order valence-electron chi connectivity index (χ1n) is 9.04. The SMILES string of the molecule is Cc1ccccc1-n1nc(CC(N)=O)nc1CCC1CCCCN1C. The van der Waals surface area contributed by atoms with Gasteiger partial charge in [0.2, 0.25) is 5.91 Å². The molecule has 25 heavy (non-hydrogen) atoms. The molecule has 0 spiro atoms. The van der Waals surface area contributed by atoms with Crippen molar-refractivity contribution in [2.45, 2.75) is 51.5 Å². The standard InChI is InChI=1S/C19H27N5O/c1-14-7-3-4-9-16(14)24-19(21-18(22-24)13-17(20)25)11-10-15-8-5-6-12-23(15)2/h3-4,7,9,15H,5-6,8,10-13H2,1-2H3,(H2,20,25). The Bertz CT molecular complexity index is 739. The lowest BCUT2D eigenvalue weighted by atomic mass is 9.98. The smallest absolute Gasteiger partial charge is 0.225 e. The third kappa shape index (κ3) is 4.25. The molecule has 134 valence electrons. The van der Waals surface area contributed by atoms with Gasteiger partial charge in [0.25, 0.3) is 0 Å². The van der Waals surface area contributed by atoms with E-state index in [0.717, 1.165) is 29.9 Å². The zero-order chi connectivity index (χ0) is 17.8. The van der Waals surface area contributed by atoms with E-state index in [2.05, 4.69) is 35.0 Å². The number of rotatable bonds is 6. The number of nitrogens with two attached hydrogens (primary N) is 1. The number of benzene rings is 1. The van der Waals surface area contributed by atoms with Crippen molar-refractivity contribution < 1.29 is 4.79 Å². The second kappa shape index (κ2) is 7.78. The fraction of sp³-hybridized carbons (Fsp3) is 0.526.